The van der Waals surface area contributed by atoms with E-state index in [9.17, 15) is 18.0 Å². The fourth-order valence-electron chi connectivity index (χ4n) is 4.77. The lowest BCUT2D eigenvalue weighted by Gasteiger charge is -2.33. The molecule has 8 nitrogen and oxygen atoms in total. The Labute approximate surface area is 185 Å². The van der Waals surface area contributed by atoms with Crippen LogP contribution in [0, 0.1) is 13.8 Å². The predicted octanol–water partition coefficient (Wildman–Crippen LogP) is 2.61. The van der Waals surface area contributed by atoms with Crippen LogP contribution in [-0.4, -0.2) is 60.4 Å². The number of hydrogen-bond donors (Lipinski definition) is 1. The molecule has 1 aliphatic heterocycles. The van der Waals surface area contributed by atoms with E-state index < -0.39 is 22.4 Å². The fraction of sp³-hybridized carbons (Fsp3) is 0.571. The van der Waals surface area contributed by atoms with Crippen LogP contribution in [0.4, 0.5) is 5.69 Å². The molecule has 168 valence electrons. The van der Waals surface area contributed by atoms with Crippen molar-refractivity contribution in [3.8, 4) is 0 Å². The van der Waals surface area contributed by atoms with Crippen LogP contribution in [0.15, 0.2) is 6.07 Å². The van der Waals surface area contributed by atoms with E-state index in [0.717, 1.165) is 53.7 Å². The van der Waals surface area contributed by atoms with Gasteiger partial charge < -0.3 is 15.4 Å². The summed E-state index contributed by atoms with van der Waals surface area (Å²) in [6.45, 7) is 3.36. The van der Waals surface area contributed by atoms with Crippen LogP contribution in [0.5, 0.6) is 0 Å². The fourth-order valence-corrected chi connectivity index (χ4v) is 7.59. The number of pyridine rings is 1. The lowest BCUT2D eigenvalue weighted by atomic mass is 10.1. The molecule has 2 aliphatic rings. The number of carbonyl (C=O) groups excluding carboxylic acids is 2. The number of esters is 1. The second kappa shape index (κ2) is 8.38. The number of hydrogen-bond acceptors (Lipinski definition) is 8. The Balaban J connectivity index is 1.50. The molecule has 0 bridgehead atoms. The van der Waals surface area contributed by atoms with Gasteiger partial charge in [-0.1, -0.05) is 12.8 Å². The lowest BCUT2D eigenvalue weighted by molar-refractivity contribution is -0.139. The van der Waals surface area contributed by atoms with Crippen LogP contribution >= 0.6 is 11.3 Å². The zero-order valence-electron chi connectivity index (χ0n) is 17.7. The third-order valence-electron chi connectivity index (χ3n) is 6.14. The van der Waals surface area contributed by atoms with Crippen LogP contribution in [0.25, 0.3) is 10.2 Å². The highest BCUT2D eigenvalue weighted by Crippen LogP contribution is 2.35. The summed E-state index contributed by atoms with van der Waals surface area (Å²) in [5, 5.41) is 0.734. The van der Waals surface area contributed by atoms with Crippen molar-refractivity contribution in [3.63, 3.8) is 0 Å². The molecule has 10 heteroatoms. The molecule has 1 saturated heterocycles. The number of thiophene rings is 1. The van der Waals surface area contributed by atoms with E-state index in [0.29, 0.717) is 16.9 Å². The van der Waals surface area contributed by atoms with Gasteiger partial charge in [0.2, 0.25) is 0 Å². The standard InChI is InChI=1S/C21H27N3O5S2/c1-12-9-13(2)23-20-17(12)18(22)19(30-20)21(26)29-10-16(25)24(14-5-3-4-6-14)15-7-8-31(27,28)11-15/h9,14-15H,3-8,10-11,22H2,1-2H3. The SMILES string of the molecule is Cc1cc(C)c2c(N)c(C(=O)OCC(=O)N(C3CCCC3)C3CCS(=O)(=O)C3)sc2n1. The molecule has 2 N–H and O–H groups in total. The number of sulfone groups is 1. The number of ether oxygens (including phenoxy) is 1. The maximum absolute atomic E-state index is 13.0. The Morgan fingerprint density at radius 2 is 1.94 bits per heavy atom. The highest BCUT2D eigenvalue weighted by molar-refractivity contribution is 7.91. The van der Waals surface area contributed by atoms with Gasteiger partial charge in [-0.05, 0) is 44.7 Å². The number of fused-ring (bicyclic) bond motifs is 1. The van der Waals surface area contributed by atoms with E-state index in [2.05, 4.69) is 4.98 Å². The first-order valence-electron chi connectivity index (χ1n) is 10.5. The number of nitrogens with two attached hydrogens (primary N) is 1. The summed E-state index contributed by atoms with van der Waals surface area (Å²) in [6, 6.07) is 1.57. The average molecular weight is 466 g/mol. The highest BCUT2D eigenvalue weighted by atomic mass is 32.2. The van der Waals surface area contributed by atoms with E-state index in [-0.39, 0.29) is 34.4 Å². The molecular weight excluding hydrogens is 438 g/mol. The first-order valence-corrected chi connectivity index (χ1v) is 13.1. The summed E-state index contributed by atoms with van der Waals surface area (Å²) in [7, 11) is -3.13. The van der Waals surface area contributed by atoms with Crippen LogP contribution in [-0.2, 0) is 19.4 Å². The van der Waals surface area contributed by atoms with E-state index in [1.54, 1.807) is 4.90 Å². The second-order valence-electron chi connectivity index (χ2n) is 8.48. The Morgan fingerprint density at radius 3 is 2.58 bits per heavy atom. The molecule has 1 aliphatic carbocycles. The minimum atomic E-state index is -3.13. The predicted molar refractivity (Wildman–Crippen MR) is 120 cm³/mol. The number of rotatable bonds is 5. The highest BCUT2D eigenvalue weighted by Gasteiger charge is 2.39. The Hall–Kier alpha value is -2.20. The zero-order chi connectivity index (χ0) is 22.3. The molecule has 2 aromatic rings. The Bertz CT molecular complexity index is 1140. The lowest BCUT2D eigenvalue weighted by Crippen LogP contribution is -2.48. The van der Waals surface area contributed by atoms with Crippen LogP contribution in [0.3, 0.4) is 0 Å². The third-order valence-corrected chi connectivity index (χ3v) is 8.97. The molecule has 3 heterocycles. The molecule has 0 radical (unpaired) electrons. The summed E-state index contributed by atoms with van der Waals surface area (Å²) >= 11 is 1.16. The van der Waals surface area contributed by atoms with Crippen molar-refractivity contribution >= 4 is 49.0 Å². The minimum Gasteiger partial charge on any atom is -0.451 e. The van der Waals surface area contributed by atoms with Gasteiger partial charge in [0.1, 0.15) is 9.71 Å². The van der Waals surface area contributed by atoms with Gasteiger partial charge in [0.25, 0.3) is 5.91 Å². The van der Waals surface area contributed by atoms with Gasteiger partial charge in [-0.25, -0.2) is 18.2 Å². The van der Waals surface area contributed by atoms with E-state index in [4.69, 9.17) is 10.5 Å². The monoisotopic (exact) mass is 465 g/mol. The van der Waals surface area contributed by atoms with Crippen molar-refractivity contribution in [1.29, 1.82) is 0 Å². The van der Waals surface area contributed by atoms with E-state index in [1.165, 1.54) is 0 Å². The molecule has 31 heavy (non-hydrogen) atoms. The van der Waals surface area contributed by atoms with Gasteiger partial charge in [0.15, 0.2) is 16.4 Å². The topological polar surface area (TPSA) is 120 Å². The maximum atomic E-state index is 13.0. The Morgan fingerprint density at radius 1 is 1.23 bits per heavy atom. The quantitative estimate of drug-likeness (QED) is 0.674. The van der Waals surface area contributed by atoms with E-state index >= 15 is 0 Å². The molecule has 1 unspecified atom stereocenters. The average Bonchev–Trinajstić information content (AvgIpc) is 3.40. The first-order chi connectivity index (χ1) is 14.7. The first kappa shape index (κ1) is 22.0. The van der Waals surface area contributed by atoms with Crippen LogP contribution in [0.1, 0.15) is 53.0 Å². The molecule has 1 saturated carbocycles. The molecular formula is C21H27N3O5S2. The van der Waals surface area contributed by atoms with Gasteiger partial charge in [0, 0.05) is 23.2 Å². The molecule has 0 spiro atoms. The van der Waals surface area contributed by atoms with E-state index in [1.807, 2.05) is 19.9 Å². The van der Waals surface area contributed by atoms with Gasteiger partial charge >= 0.3 is 5.97 Å². The number of carbonyl (C=O) groups is 2. The summed E-state index contributed by atoms with van der Waals surface area (Å²) in [5.41, 5.74) is 8.28. The van der Waals surface area contributed by atoms with Crippen LogP contribution in [0.2, 0.25) is 0 Å². The Kier molecular flexibility index (Phi) is 5.95. The van der Waals surface area contributed by atoms with Gasteiger partial charge in [-0.2, -0.15) is 0 Å². The smallest absolute Gasteiger partial charge is 0.351 e. The summed E-state index contributed by atoms with van der Waals surface area (Å²) in [6.07, 6.45) is 4.16. The van der Waals surface area contributed by atoms with Crippen molar-refractivity contribution in [3.05, 3.63) is 22.2 Å². The number of nitrogens with zero attached hydrogens (tertiary/aromatic N) is 2. The van der Waals surface area contributed by atoms with Gasteiger partial charge in [0.05, 0.1) is 17.2 Å². The normalized spacial score (nSPS) is 20.9. The molecule has 0 aromatic carbocycles. The van der Waals surface area contributed by atoms with Crippen molar-refractivity contribution in [2.45, 2.75) is 58.0 Å². The molecule has 1 amide bonds. The number of aryl methyl sites for hydroxylation is 2. The van der Waals surface area contributed by atoms with Crippen molar-refractivity contribution in [2.24, 2.45) is 0 Å². The molecule has 2 fully saturated rings. The number of amides is 1. The summed E-state index contributed by atoms with van der Waals surface area (Å²) in [5.74, 6) is -0.919. The molecule has 1 atom stereocenters. The third kappa shape index (κ3) is 4.41. The van der Waals surface area contributed by atoms with Crippen LogP contribution < -0.4 is 5.73 Å². The zero-order valence-corrected chi connectivity index (χ0v) is 19.4. The summed E-state index contributed by atoms with van der Waals surface area (Å²) < 4.78 is 29.3. The number of nitrogen functional groups attached to an aromatic ring is 1. The maximum Gasteiger partial charge on any atom is 0.351 e. The second-order valence-corrected chi connectivity index (χ2v) is 11.7. The number of aromatic nitrogens is 1. The van der Waals surface area contributed by atoms with Gasteiger partial charge in [-0.15, -0.1) is 11.3 Å². The molecule has 4 rings (SSSR count). The van der Waals surface area contributed by atoms with Crippen molar-refractivity contribution < 1.29 is 22.7 Å². The van der Waals surface area contributed by atoms with Crippen molar-refractivity contribution in [1.82, 2.24) is 9.88 Å². The largest absolute Gasteiger partial charge is 0.451 e. The summed E-state index contributed by atoms with van der Waals surface area (Å²) in [4.78, 5) is 32.8. The van der Waals surface area contributed by atoms with Crippen molar-refractivity contribution in [2.75, 3.05) is 23.8 Å². The molecule has 2 aromatic heterocycles. The van der Waals surface area contributed by atoms with Gasteiger partial charge in [-0.3, -0.25) is 4.79 Å². The minimum absolute atomic E-state index is 0.00808. The number of anilines is 1.